The second-order valence-corrected chi connectivity index (χ2v) is 11.5. The van der Waals surface area contributed by atoms with Crippen molar-refractivity contribution in [1.29, 1.82) is 0 Å². The zero-order chi connectivity index (χ0) is 24.5. The van der Waals surface area contributed by atoms with Crippen LogP contribution in [0.15, 0.2) is 24.3 Å². The lowest BCUT2D eigenvalue weighted by Gasteiger charge is -2.40. The number of pyridine rings is 1. The molecule has 1 spiro atoms. The molecule has 1 saturated carbocycles. The van der Waals surface area contributed by atoms with E-state index in [-0.39, 0.29) is 11.3 Å². The lowest BCUT2D eigenvalue weighted by atomic mass is 9.68. The molecule has 0 radical (unpaired) electrons. The van der Waals surface area contributed by atoms with Crippen molar-refractivity contribution in [3.63, 3.8) is 0 Å². The molecule has 0 saturated heterocycles. The van der Waals surface area contributed by atoms with Crippen molar-refractivity contribution in [2.75, 3.05) is 0 Å². The van der Waals surface area contributed by atoms with Crippen LogP contribution in [0, 0.1) is 5.41 Å². The second kappa shape index (κ2) is 8.06. The van der Waals surface area contributed by atoms with E-state index in [9.17, 15) is 18.3 Å². The molecule has 1 fully saturated rings. The van der Waals surface area contributed by atoms with Crippen molar-refractivity contribution in [2.24, 2.45) is 5.41 Å². The molecule has 1 N–H and O–H groups in total. The fourth-order valence-electron chi connectivity index (χ4n) is 6.44. The smallest absolute Gasteiger partial charge is 0.388 e. The summed E-state index contributed by atoms with van der Waals surface area (Å²) in [6.07, 6.45) is 0.932. The number of rotatable bonds is 2. The molecule has 3 nitrogen and oxygen atoms in total. The lowest BCUT2D eigenvalue weighted by molar-refractivity contribution is -0.137. The fraction of sp³-hybridized carbons (Fsp3) is 0.607. The highest BCUT2D eigenvalue weighted by Crippen LogP contribution is 2.58. The van der Waals surface area contributed by atoms with Crippen molar-refractivity contribution in [1.82, 2.24) is 4.98 Å². The molecule has 184 valence electrons. The minimum absolute atomic E-state index is 0.0477. The molecule has 6 heteroatoms. The van der Waals surface area contributed by atoms with Crippen molar-refractivity contribution in [3.8, 4) is 0 Å². The van der Waals surface area contributed by atoms with Crippen LogP contribution in [-0.2, 0) is 22.9 Å². The van der Waals surface area contributed by atoms with Gasteiger partial charge in [0.15, 0.2) is 0 Å². The minimum Gasteiger partial charge on any atom is -0.388 e. The molecular weight excluding hydrogens is 439 g/mol. The summed E-state index contributed by atoms with van der Waals surface area (Å²) in [7, 11) is 0. The molecular formula is C28H34F3NO2. The first-order chi connectivity index (χ1) is 15.9. The number of aliphatic hydroxyl groups excluding tert-OH is 1. The van der Waals surface area contributed by atoms with Gasteiger partial charge in [0.1, 0.15) is 6.10 Å². The van der Waals surface area contributed by atoms with Crippen LogP contribution in [0.1, 0.15) is 124 Å². The lowest BCUT2D eigenvalue weighted by Crippen LogP contribution is -2.34. The molecule has 1 aromatic heterocycles. The first kappa shape index (κ1) is 23.8. The van der Waals surface area contributed by atoms with Gasteiger partial charge >= 0.3 is 6.18 Å². The monoisotopic (exact) mass is 473 g/mol. The highest BCUT2D eigenvalue weighted by Gasteiger charge is 2.52. The summed E-state index contributed by atoms with van der Waals surface area (Å²) in [6, 6.07) is 5.37. The van der Waals surface area contributed by atoms with Gasteiger partial charge in [0.05, 0.1) is 17.3 Å². The Morgan fingerprint density at radius 3 is 2.26 bits per heavy atom. The molecule has 2 atom stereocenters. The van der Waals surface area contributed by atoms with Crippen molar-refractivity contribution in [3.05, 3.63) is 63.5 Å². The second-order valence-electron chi connectivity index (χ2n) is 11.5. The minimum atomic E-state index is -4.38. The number of fused-ring (bicyclic) bond motifs is 4. The summed E-state index contributed by atoms with van der Waals surface area (Å²) in [5.41, 5.74) is 4.41. The van der Waals surface area contributed by atoms with Crippen LogP contribution in [0.4, 0.5) is 13.2 Å². The highest BCUT2D eigenvalue weighted by molar-refractivity contribution is 5.54. The molecule has 2 heterocycles. The first-order valence-electron chi connectivity index (χ1n) is 12.5. The average Bonchev–Trinajstić information content (AvgIpc) is 3.06. The van der Waals surface area contributed by atoms with Crippen molar-refractivity contribution in [2.45, 2.75) is 103 Å². The Kier molecular flexibility index (Phi) is 5.64. The van der Waals surface area contributed by atoms with Crippen molar-refractivity contribution >= 4 is 0 Å². The first-order valence-corrected chi connectivity index (χ1v) is 12.5. The van der Waals surface area contributed by atoms with Gasteiger partial charge in [-0.15, -0.1) is 0 Å². The van der Waals surface area contributed by atoms with E-state index in [4.69, 9.17) is 9.72 Å². The van der Waals surface area contributed by atoms with E-state index in [1.165, 1.54) is 0 Å². The maximum Gasteiger partial charge on any atom is 0.416 e. The Balaban J connectivity index is 1.74. The number of hydrogen-bond donors (Lipinski definition) is 1. The quantitative estimate of drug-likeness (QED) is 0.491. The third-order valence-electron chi connectivity index (χ3n) is 7.92. The summed E-state index contributed by atoms with van der Waals surface area (Å²) in [5.74, 6) is 0.125. The predicted octanol–water partition coefficient (Wildman–Crippen LogP) is 7.51. The SMILES string of the molecule is CC(C)c1nc2c(c3c1C(c1ccc(C(F)(F)F)cc1)OC31CCCCC1)C(O)CC(C)(C)C2. The van der Waals surface area contributed by atoms with Crippen LogP contribution in [0.25, 0.3) is 0 Å². The zero-order valence-corrected chi connectivity index (χ0v) is 20.4. The maximum atomic E-state index is 13.2. The third-order valence-corrected chi connectivity index (χ3v) is 7.92. The Morgan fingerprint density at radius 2 is 1.68 bits per heavy atom. The molecule has 1 aromatic carbocycles. The zero-order valence-electron chi connectivity index (χ0n) is 20.4. The van der Waals surface area contributed by atoms with Crippen molar-refractivity contribution < 1.29 is 23.0 Å². The average molecular weight is 474 g/mol. The van der Waals surface area contributed by atoms with E-state index in [1.807, 2.05) is 0 Å². The molecule has 34 heavy (non-hydrogen) atoms. The topological polar surface area (TPSA) is 42.4 Å². The van der Waals surface area contributed by atoms with Crippen LogP contribution < -0.4 is 0 Å². The Labute approximate surface area is 199 Å². The summed E-state index contributed by atoms with van der Waals surface area (Å²) < 4.78 is 46.5. The molecule has 2 aromatic rings. The van der Waals surface area contributed by atoms with Crippen LogP contribution >= 0.6 is 0 Å². The predicted molar refractivity (Wildman–Crippen MR) is 125 cm³/mol. The van der Waals surface area contributed by atoms with Gasteiger partial charge in [-0.1, -0.05) is 59.1 Å². The number of halogens is 3. The largest absolute Gasteiger partial charge is 0.416 e. The Bertz CT molecular complexity index is 1080. The van der Waals surface area contributed by atoms with Gasteiger partial charge in [0, 0.05) is 22.5 Å². The Hall–Kier alpha value is -1.92. The van der Waals surface area contributed by atoms with E-state index in [0.717, 1.165) is 78.7 Å². The number of nitrogens with zero attached hydrogens (tertiary/aromatic N) is 1. The van der Waals surface area contributed by atoms with E-state index >= 15 is 0 Å². The van der Waals surface area contributed by atoms with Crippen LogP contribution in [-0.4, -0.2) is 10.1 Å². The summed E-state index contributed by atoms with van der Waals surface area (Å²) in [5, 5.41) is 11.4. The Morgan fingerprint density at radius 1 is 1.03 bits per heavy atom. The number of hydrogen-bond acceptors (Lipinski definition) is 3. The van der Waals surface area contributed by atoms with Crippen LogP contribution in [0.5, 0.6) is 0 Å². The normalized spacial score (nSPS) is 25.4. The van der Waals surface area contributed by atoms with E-state index < -0.39 is 29.5 Å². The number of ether oxygens (including phenoxy) is 1. The summed E-state index contributed by atoms with van der Waals surface area (Å²) >= 11 is 0. The van der Waals surface area contributed by atoms with Gasteiger partial charge < -0.3 is 9.84 Å². The van der Waals surface area contributed by atoms with Gasteiger partial charge in [-0.25, -0.2) is 0 Å². The molecule has 1 aliphatic heterocycles. The third kappa shape index (κ3) is 3.87. The molecule has 2 aliphatic carbocycles. The molecule has 0 amide bonds. The van der Waals surface area contributed by atoms with Gasteiger partial charge in [-0.2, -0.15) is 13.2 Å². The fourth-order valence-corrected chi connectivity index (χ4v) is 6.44. The molecule has 3 aliphatic rings. The number of alkyl halides is 3. The van der Waals surface area contributed by atoms with E-state index in [1.54, 1.807) is 12.1 Å². The van der Waals surface area contributed by atoms with Gasteiger partial charge in [0.2, 0.25) is 0 Å². The molecule has 0 bridgehead atoms. The van der Waals surface area contributed by atoms with Crippen LogP contribution in [0.2, 0.25) is 0 Å². The van der Waals surface area contributed by atoms with Gasteiger partial charge in [-0.05, 0) is 60.3 Å². The standard InChI is InChI=1S/C28H34F3NO2/c1-16(2)24-22-23(21-19(32-24)14-26(3,4)15-20(21)33)27(12-6-5-7-13-27)34-25(22)17-8-10-18(11-9-17)28(29,30)31/h8-11,16,20,25,33H,5-7,12-15H2,1-4H3. The number of aliphatic hydroxyl groups is 1. The molecule has 2 unspecified atom stereocenters. The van der Waals surface area contributed by atoms with E-state index in [2.05, 4.69) is 27.7 Å². The summed E-state index contributed by atoms with van der Waals surface area (Å²) in [4.78, 5) is 5.12. The van der Waals surface area contributed by atoms with Gasteiger partial charge in [-0.3, -0.25) is 4.98 Å². The molecule has 5 rings (SSSR count). The maximum absolute atomic E-state index is 13.2. The van der Waals surface area contributed by atoms with E-state index in [0.29, 0.717) is 12.0 Å². The number of benzene rings is 1. The highest BCUT2D eigenvalue weighted by atomic mass is 19.4. The van der Waals surface area contributed by atoms with Crippen LogP contribution in [0.3, 0.4) is 0 Å². The van der Waals surface area contributed by atoms with Gasteiger partial charge in [0.25, 0.3) is 0 Å². The number of aromatic nitrogens is 1. The summed E-state index contributed by atoms with van der Waals surface area (Å²) in [6.45, 7) is 8.55.